The molecular formula is C13H15NO5. The van der Waals surface area contributed by atoms with Gasteiger partial charge in [0.15, 0.2) is 0 Å². The van der Waals surface area contributed by atoms with Crippen molar-refractivity contribution in [3.8, 4) is 5.75 Å². The molecule has 1 rings (SSSR count). The molecule has 1 aromatic carbocycles. The quantitative estimate of drug-likeness (QED) is 0.483. The lowest BCUT2D eigenvalue weighted by Gasteiger charge is -2.08. The van der Waals surface area contributed by atoms with Gasteiger partial charge in [-0.2, -0.15) is 0 Å². The summed E-state index contributed by atoms with van der Waals surface area (Å²) in [5, 5.41) is 2.52. The summed E-state index contributed by atoms with van der Waals surface area (Å²) in [6.45, 7) is 3.19. The van der Waals surface area contributed by atoms with Crippen molar-refractivity contribution in [1.29, 1.82) is 0 Å². The maximum atomic E-state index is 11.4. The van der Waals surface area contributed by atoms with Crippen molar-refractivity contribution in [2.45, 2.75) is 0 Å². The first-order valence-corrected chi connectivity index (χ1v) is 5.52. The molecule has 0 saturated heterocycles. The van der Waals surface area contributed by atoms with Gasteiger partial charge in [0.25, 0.3) is 0 Å². The molecule has 0 heterocycles. The van der Waals surface area contributed by atoms with E-state index in [1.807, 2.05) is 0 Å². The minimum absolute atomic E-state index is 0.0175. The summed E-state index contributed by atoms with van der Waals surface area (Å²) in [4.78, 5) is 22.1. The average molecular weight is 265 g/mol. The Hall–Kier alpha value is -2.50. The molecule has 0 aliphatic heterocycles. The van der Waals surface area contributed by atoms with Gasteiger partial charge in [0.05, 0.1) is 7.11 Å². The molecule has 0 radical (unpaired) electrons. The van der Waals surface area contributed by atoms with E-state index in [0.29, 0.717) is 11.4 Å². The second-order valence-electron chi connectivity index (χ2n) is 3.36. The van der Waals surface area contributed by atoms with Crippen LogP contribution < -0.4 is 10.1 Å². The molecule has 0 aliphatic rings. The van der Waals surface area contributed by atoms with Crippen molar-refractivity contribution < 1.29 is 23.8 Å². The standard InChI is InChI=1S/C13H15NO5/c1-3-12(15)18-7-8-19-13(16)14-10-5-4-6-11(9-10)17-2/h3-6,9H,1,7-8H2,2H3,(H,14,16). The fraction of sp³-hybridized carbons (Fsp3) is 0.231. The van der Waals surface area contributed by atoms with Crippen molar-refractivity contribution >= 4 is 17.7 Å². The van der Waals surface area contributed by atoms with E-state index in [2.05, 4.69) is 16.6 Å². The van der Waals surface area contributed by atoms with Crippen molar-refractivity contribution in [1.82, 2.24) is 0 Å². The van der Waals surface area contributed by atoms with E-state index in [4.69, 9.17) is 9.47 Å². The fourth-order valence-corrected chi connectivity index (χ4v) is 1.19. The van der Waals surface area contributed by atoms with E-state index in [-0.39, 0.29) is 13.2 Å². The molecular weight excluding hydrogens is 250 g/mol. The molecule has 0 aromatic heterocycles. The third-order valence-corrected chi connectivity index (χ3v) is 2.04. The van der Waals surface area contributed by atoms with Crippen LogP contribution in [-0.4, -0.2) is 32.4 Å². The molecule has 1 amide bonds. The highest BCUT2D eigenvalue weighted by Crippen LogP contribution is 2.16. The second kappa shape index (κ2) is 7.75. The summed E-state index contributed by atoms with van der Waals surface area (Å²) in [6, 6.07) is 6.84. The Balaban J connectivity index is 2.30. The largest absolute Gasteiger partial charge is 0.497 e. The number of anilines is 1. The number of benzene rings is 1. The predicted molar refractivity (Wildman–Crippen MR) is 69.1 cm³/mol. The van der Waals surface area contributed by atoms with Gasteiger partial charge in [0, 0.05) is 17.8 Å². The number of hydrogen-bond donors (Lipinski definition) is 1. The van der Waals surface area contributed by atoms with Crippen molar-refractivity contribution in [2.75, 3.05) is 25.6 Å². The van der Waals surface area contributed by atoms with Crippen molar-refractivity contribution in [3.63, 3.8) is 0 Å². The Kier molecular flexibility index (Phi) is 5.94. The van der Waals surface area contributed by atoms with Crippen LogP contribution in [0.25, 0.3) is 0 Å². The van der Waals surface area contributed by atoms with Crippen LogP contribution in [-0.2, 0) is 14.3 Å². The lowest BCUT2D eigenvalue weighted by atomic mass is 10.3. The number of carbonyl (C=O) groups is 2. The molecule has 0 saturated carbocycles. The molecule has 19 heavy (non-hydrogen) atoms. The summed E-state index contributed by atoms with van der Waals surface area (Å²) >= 11 is 0. The molecule has 0 spiro atoms. The van der Waals surface area contributed by atoms with E-state index < -0.39 is 12.1 Å². The van der Waals surface area contributed by atoms with E-state index in [1.165, 1.54) is 7.11 Å². The minimum atomic E-state index is -0.636. The van der Waals surface area contributed by atoms with E-state index in [9.17, 15) is 9.59 Å². The van der Waals surface area contributed by atoms with Crippen LogP contribution >= 0.6 is 0 Å². The van der Waals surface area contributed by atoms with Crippen LogP contribution in [0.15, 0.2) is 36.9 Å². The minimum Gasteiger partial charge on any atom is -0.497 e. The fourth-order valence-electron chi connectivity index (χ4n) is 1.19. The lowest BCUT2D eigenvalue weighted by Crippen LogP contribution is -2.17. The Morgan fingerprint density at radius 1 is 1.32 bits per heavy atom. The summed E-state index contributed by atoms with van der Waals surface area (Å²) in [5.74, 6) is 0.0644. The van der Waals surface area contributed by atoms with Crippen LogP contribution in [0.1, 0.15) is 0 Å². The van der Waals surface area contributed by atoms with Crippen LogP contribution in [0.2, 0.25) is 0 Å². The zero-order chi connectivity index (χ0) is 14.1. The lowest BCUT2D eigenvalue weighted by molar-refractivity contribution is -0.138. The zero-order valence-corrected chi connectivity index (χ0v) is 10.5. The zero-order valence-electron chi connectivity index (χ0n) is 10.5. The Bertz CT molecular complexity index is 458. The van der Waals surface area contributed by atoms with Crippen molar-refractivity contribution in [3.05, 3.63) is 36.9 Å². The van der Waals surface area contributed by atoms with Gasteiger partial charge < -0.3 is 14.2 Å². The summed E-state index contributed by atoms with van der Waals surface area (Å²) in [6.07, 6.45) is 0.402. The molecule has 0 fully saturated rings. The van der Waals surface area contributed by atoms with Gasteiger partial charge in [-0.25, -0.2) is 9.59 Å². The number of nitrogens with one attached hydrogen (secondary N) is 1. The van der Waals surface area contributed by atoms with Crippen LogP contribution in [0.5, 0.6) is 5.75 Å². The van der Waals surface area contributed by atoms with Gasteiger partial charge in [-0.3, -0.25) is 5.32 Å². The van der Waals surface area contributed by atoms with Gasteiger partial charge in [0.2, 0.25) is 0 Å². The average Bonchev–Trinajstić information content (AvgIpc) is 2.43. The van der Waals surface area contributed by atoms with E-state index in [0.717, 1.165) is 6.08 Å². The van der Waals surface area contributed by atoms with Crippen LogP contribution in [0, 0.1) is 0 Å². The second-order valence-corrected chi connectivity index (χ2v) is 3.36. The molecule has 102 valence electrons. The maximum absolute atomic E-state index is 11.4. The molecule has 0 bridgehead atoms. The Morgan fingerprint density at radius 2 is 2.05 bits per heavy atom. The number of carbonyl (C=O) groups excluding carboxylic acids is 2. The molecule has 0 unspecified atom stereocenters. The normalized spacial score (nSPS) is 9.32. The number of rotatable bonds is 6. The molecule has 1 N–H and O–H groups in total. The van der Waals surface area contributed by atoms with Gasteiger partial charge in [-0.1, -0.05) is 12.6 Å². The number of methoxy groups -OCH3 is 1. The smallest absolute Gasteiger partial charge is 0.411 e. The summed E-state index contributed by atoms with van der Waals surface area (Å²) < 4.78 is 14.5. The van der Waals surface area contributed by atoms with Crippen LogP contribution in [0.3, 0.4) is 0 Å². The highest BCUT2D eigenvalue weighted by molar-refractivity contribution is 5.84. The summed E-state index contributed by atoms with van der Waals surface area (Å²) in [5.41, 5.74) is 0.549. The maximum Gasteiger partial charge on any atom is 0.411 e. The van der Waals surface area contributed by atoms with Gasteiger partial charge in [0.1, 0.15) is 19.0 Å². The highest BCUT2D eigenvalue weighted by Gasteiger charge is 2.04. The van der Waals surface area contributed by atoms with Crippen molar-refractivity contribution in [2.24, 2.45) is 0 Å². The number of esters is 1. The van der Waals surface area contributed by atoms with E-state index >= 15 is 0 Å². The first-order chi connectivity index (χ1) is 9.15. The Labute approximate surface area is 111 Å². The molecule has 1 aromatic rings. The SMILES string of the molecule is C=CC(=O)OCCOC(=O)Nc1cccc(OC)c1. The first kappa shape index (κ1) is 14.6. The third-order valence-electron chi connectivity index (χ3n) is 2.04. The molecule has 0 atom stereocenters. The predicted octanol–water partition coefficient (Wildman–Crippen LogP) is 1.97. The molecule has 6 nitrogen and oxygen atoms in total. The Morgan fingerprint density at radius 3 is 2.74 bits per heavy atom. The molecule has 0 aliphatic carbocycles. The van der Waals surface area contributed by atoms with Gasteiger partial charge in [-0.05, 0) is 12.1 Å². The monoisotopic (exact) mass is 265 g/mol. The van der Waals surface area contributed by atoms with Gasteiger partial charge >= 0.3 is 12.1 Å². The number of amides is 1. The topological polar surface area (TPSA) is 73.9 Å². The van der Waals surface area contributed by atoms with E-state index in [1.54, 1.807) is 24.3 Å². The van der Waals surface area contributed by atoms with Gasteiger partial charge in [-0.15, -0.1) is 0 Å². The van der Waals surface area contributed by atoms with Crippen LogP contribution in [0.4, 0.5) is 10.5 Å². The molecule has 6 heteroatoms. The number of ether oxygens (including phenoxy) is 3. The highest BCUT2D eigenvalue weighted by atomic mass is 16.6. The number of hydrogen-bond acceptors (Lipinski definition) is 5. The third kappa shape index (κ3) is 5.58. The summed E-state index contributed by atoms with van der Waals surface area (Å²) in [7, 11) is 1.53. The first-order valence-electron chi connectivity index (χ1n) is 5.52.